The van der Waals surface area contributed by atoms with Crippen LogP contribution in [0.4, 0.5) is 4.79 Å². The van der Waals surface area contributed by atoms with Gasteiger partial charge in [0.05, 0.1) is 18.8 Å². The van der Waals surface area contributed by atoms with E-state index in [2.05, 4.69) is 6.58 Å². The number of carbonyl (C=O) groups is 3. The maximum Gasteiger partial charge on any atom is 0.510 e. The molecule has 0 bridgehead atoms. The predicted molar refractivity (Wildman–Crippen MR) is 73.5 cm³/mol. The van der Waals surface area contributed by atoms with Gasteiger partial charge in [-0.2, -0.15) is 0 Å². The lowest BCUT2D eigenvalue weighted by Crippen LogP contribution is -2.36. The highest BCUT2D eigenvalue weighted by Gasteiger charge is 2.34. The minimum Gasteiger partial charge on any atom is -0.463 e. The maximum atomic E-state index is 11.8. The number of esters is 2. The first-order valence-corrected chi connectivity index (χ1v) is 6.54. The smallest absolute Gasteiger partial charge is 0.463 e. The lowest BCUT2D eigenvalue weighted by molar-refractivity contribution is -0.156. The molecule has 0 aliphatic rings. The van der Waals surface area contributed by atoms with E-state index in [9.17, 15) is 14.4 Å². The molecular weight excluding hydrogens is 280 g/mol. The summed E-state index contributed by atoms with van der Waals surface area (Å²) in [7, 11) is 0. The summed E-state index contributed by atoms with van der Waals surface area (Å²) in [4.78, 5) is 35.0. The number of rotatable bonds is 6. The van der Waals surface area contributed by atoms with Crippen LogP contribution in [0.3, 0.4) is 0 Å². The van der Waals surface area contributed by atoms with Gasteiger partial charge in [-0.15, -0.1) is 0 Å². The molecule has 0 heterocycles. The standard InChI is InChI=1S/C14H22O7/c1-7-18-11(15)9(3)10(12(16)19-8-2)20-13(17)21-14(4,5)6/h10H,3,7-8H2,1-2,4-6H3. The third-order valence-electron chi connectivity index (χ3n) is 1.96. The van der Waals surface area contributed by atoms with E-state index < -0.39 is 29.8 Å². The van der Waals surface area contributed by atoms with Crippen LogP contribution < -0.4 is 0 Å². The average Bonchev–Trinajstić information content (AvgIpc) is 2.33. The first kappa shape index (κ1) is 18.9. The summed E-state index contributed by atoms with van der Waals surface area (Å²) >= 11 is 0. The molecule has 0 aliphatic heterocycles. The van der Waals surface area contributed by atoms with Crippen molar-refractivity contribution in [3.8, 4) is 0 Å². The Morgan fingerprint density at radius 3 is 2.00 bits per heavy atom. The Balaban J connectivity index is 4.99. The molecule has 0 fully saturated rings. The molecule has 0 aliphatic carbocycles. The summed E-state index contributed by atoms with van der Waals surface area (Å²) in [5.74, 6) is -1.76. The normalized spacial score (nSPS) is 12.0. The minimum atomic E-state index is -1.60. The van der Waals surface area contributed by atoms with Crippen LogP contribution >= 0.6 is 0 Å². The average molecular weight is 302 g/mol. The van der Waals surface area contributed by atoms with Crippen molar-refractivity contribution in [2.24, 2.45) is 0 Å². The molecule has 0 spiro atoms. The molecule has 21 heavy (non-hydrogen) atoms. The van der Waals surface area contributed by atoms with Gasteiger partial charge >= 0.3 is 18.1 Å². The van der Waals surface area contributed by atoms with Crippen molar-refractivity contribution >= 4 is 18.1 Å². The molecule has 1 atom stereocenters. The van der Waals surface area contributed by atoms with Crippen LogP contribution in [0, 0.1) is 0 Å². The Morgan fingerprint density at radius 1 is 1.05 bits per heavy atom. The van der Waals surface area contributed by atoms with Crippen molar-refractivity contribution in [3.05, 3.63) is 12.2 Å². The molecule has 0 amide bonds. The quantitative estimate of drug-likeness (QED) is 0.421. The Labute approximate surface area is 124 Å². The minimum absolute atomic E-state index is 0.0586. The number of carbonyl (C=O) groups excluding carboxylic acids is 3. The summed E-state index contributed by atoms with van der Waals surface area (Å²) in [5, 5.41) is 0. The summed E-state index contributed by atoms with van der Waals surface area (Å²) in [5.41, 5.74) is -1.14. The highest BCUT2D eigenvalue weighted by Crippen LogP contribution is 2.14. The molecule has 0 rings (SSSR count). The molecule has 0 N–H and O–H groups in total. The zero-order valence-electron chi connectivity index (χ0n) is 13.1. The van der Waals surface area contributed by atoms with Gasteiger partial charge in [-0.3, -0.25) is 0 Å². The third-order valence-corrected chi connectivity index (χ3v) is 1.96. The van der Waals surface area contributed by atoms with Crippen LogP contribution in [0.15, 0.2) is 12.2 Å². The molecule has 0 saturated carbocycles. The van der Waals surface area contributed by atoms with Gasteiger partial charge in [0.2, 0.25) is 6.10 Å². The predicted octanol–water partition coefficient (Wildman–Crippen LogP) is 1.99. The van der Waals surface area contributed by atoms with Gasteiger partial charge in [0.1, 0.15) is 5.60 Å². The van der Waals surface area contributed by atoms with Crippen LogP contribution in [0.1, 0.15) is 34.6 Å². The molecule has 1 unspecified atom stereocenters. The zero-order valence-corrected chi connectivity index (χ0v) is 13.1. The van der Waals surface area contributed by atoms with E-state index in [1.807, 2.05) is 0 Å². The van der Waals surface area contributed by atoms with Crippen LogP contribution in [-0.4, -0.2) is 43.0 Å². The Morgan fingerprint density at radius 2 is 1.57 bits per heavy atom. The van der Waals surface area contributed by atoms with Gasteiger partial charge < -0.3 is 18.9 Å². The Kier molecular flexibility index (Phi) is 7.48. The van der Waals surface area contributed by atoms with Gasteiger partial charge in [-0.05, 0) is 34.6 Å². The molecule has 0 aromatic carbocycles. The summed E-state index contributed by atoms with van der Waals surface area (Å²) in [6.07, 6.45) is -2.70. The van der Waals surface area contributed by atoms with Gasteiger partial charge in [-0.1, -0.05) is 6.58 Å². The highest BCUT2D eigenvalue weighted by atomic mass is 16.7. The van der Waals surface area contributed by atoms with E-state index in [-0.39, 0.29) is 18.8 Å². The van der Waals surface area contributed by atoms with Crippen molar-refractivity contribution in [3.63, 3.8) is 0 Å². The topological polar surface area (TPSA) is 88.1 Å². The van der Waals surface area contributed by atoms with Gasteiger partial charge in [0.15, 0.2) is 0 Å². The first-order chi connectivity index (χ1) is 9.62. The monoisotopic (exact) mass is 302 g/mol. The fraction of sp³-hybridized carbons (Fsp3) is 0.643. The first-order valence-electron chi connectivity index (χ1n) is 6.54. The lowest BCUT2D eigenvalue weighted by Gasteiger charge is -2.22. The molecule has 0 saturated heterocycles. The van der Waals surface area contributed by atoms with Crippen molar-refractivity contribution < 1.29 is 33.3 Å². The number of ether oxygens (including phenoxy) is 4. The van der Waals surface area contributed by atoms with Crippen molar-refractivity contribution in [2.75, 3.05) is 13.2 Å². The Bertz CT molecular complexity index is 406. The maximum absolute atomic E-state index is 11.8. The van der Waals surface area contributed by atoms with Gasteiger partial charge in [0, 0.05) is 0 Å². The van der Waals surface area contributed by atoms with Crippen LogP contribution in [0.25, 0.3) is 0 Å². The molecule has 0 aromatic rings. The SMILES string of the molecule is C=C(C(=O)OCC)C(OC(=O)OC(C)(C)C)C(=O)OCC. The van der Waals surface area contributed by atoms with E-state index >= 15 is 0 Å². The van der Waals surface area contributed by atoms with E-state index in [0.29, 0.717) is 0 Å². The second kappa shape index (κ2) is 8.28. The van der Waals surface area contributed by atoms with E-state index in [4.69, 9.17) is 18.9 Å². The fourth-order valence-electron chi connectivity index (χ4n) is 1.18. The molecule has 7 heteroatoms. The van der Waals surface area contributed by atoms with Crippen LogP contribution in [0.5, 0.6) is 0 Å². The van der Waals surface area contributed by atoms with E-state index in [1.54, 1.807) is 34.6 Å². The molecule has 0 radical (unpaired) electrons. The second-order valence-corrected chi connectivity index (χ2v) is 4.96. The van der Waals surface area contributed by atoms with Crippen molar-refractivity contribution in [1.29, 1.82) is 0 Å². The Hall–Kier alpha value is -2.05. The second-order valence-electron chi connectivity index (χ2n) is 4.96. The summed E-state index contributed by atoms with van der Waals surface area (Å²) < 4.78 is 19.2. The largest absolute Gasteiger partial charge is 0.510 e. The molecule has 0 aromatic heterocycles. The summed E-state index contributed by atoms with van der Waals surface area (Å²) in [6, 6.07) is 0. The van der Waals surface area contributed by atoms with Gasteiger partial charge in [0.25, 0.3) is 0 Å². The van der Waals surface area contributed by atoms with Crippen LogP contribution in [0.2, 0.25) is 0 Å². The zero-order chi connectivity index (χ0) is 16.6. The number of hydrogen-bond donors (Lipinski definition) is 0. The van der Waals surface area contributed by atoms with Gasteiger partial charge in [-0.25, -0.2) is 14.4 Å². The van der Waals surface area contributed by atoms with E-state index in [1.165, 1.54) is 0 Å². The fourth-order valence-corrected chi connectivity index (χ4v) is 1.18. The lowest BCUT2D eigenvalue weighted by atomic mass is 10.1. The highest BCUT2D eigenvalue weighted by molar-refractivity contribution is 5.97. The summed E-state index contributed by atoms with van der Waals surface area (Å²) in [6.45, 7) is 11.6. The molecular formula is C14H22O7. The molecule has 120 valence electrons. The van der Waals surface area contributed by atoms with Crippen LogP contribution in [-0.2, 0) is 28.5 Å². The number of hydrogen-bond acceptors (Lipinski definition) is 7. The molecule has 7 nitrogen and oxygen atoms in total. The van der Waals surface area contributed by atoms with Crippen molar-refractivity contribution in [2.45, 2.75) is 46.3 Å². The van der Waals surface area contributed by atoms with E-state index in [0.717, 1.165) is 0 Å². The third kappa shape index (κ3) is 7.34. The van der Waals surface area contributed by atoms with Crippen molar-refractivity contribution in [1.82, 2.24) is 0 Å².